The molecular formula is C24H26F2N2O2S2. The maximum atomic E-state index is 14.7. The van der Waals surface area contributed by atoms with Crippen LogP contribution < -0.4 is 0 Å². The Bertz CT molecular complexity index is 1080. The molecule has 4 nitrogen and oxygen atoms in total. The van der Waals surface area contributed by atoms with Crippen molar-refractivity contribution >= 4 is 40.4 Å². The predicted octanol–water partition coefficient (Wildman–Crippen LogP) is 6.07. The molecule has 32 heavy (non-hydrogen) atoms. The van der Waals surface area contributed by atoms with E-state index in [1.807, 2.05) is 0 Å². The molecule has 170 valence electrons. The molecule has 0 atom stereocenters. The molecule has 0 saturated heterocycles. The number of rotatable bonds is 4. The van der Waals surface area contributed by atoms with Crippen molar-refractivity contribution in [3.8, 4) is 11.3 Å². The predicted molar refractivity (Wildman–Crippen MR) is 128 cm³/mol. The van der Waals surface area contributed by atoms with Crippen molar-refractivity contribution in [3.05, 3.63) is 47.2 Å². The summed E-state index contributed by atoms with van der Waals surface area (Å²) in [5.41, 5.74) is 0.665. The molecule has 1 aliphatic carbocycles. The van der Waals surface area contributed by atoms with Crippen LogP contribution in [0.1, 0.15) is 51.3 Å². The molecule has 0 radical (unpaired) electrons. The molecule has 1 aromatic carbocycles. The normalized spacial score (nSPS) is 16.0. The smallest absolute Gasteiger partial charge is 0.419 e. The van der Waals surface area contributed by atoms with Gasteiger partial charge in [-0.2, -0.15) is 0 Å². The lowest BCUT2D eigenvalue weighted by atomic mass is 10.1. The Labute approximate surface area is 197 Å². The first-order valence-electron chi connectivity index (χ1n) is 10.8. The van der Waals surface area contributed by atoms with Crippen molar-refractivity contribution in [1.82, 2.24) is 9.47 Å². The van der Waals surface area contributed by atoms with E-state index in [0.717, 1.165) is 28.3 Å². The second-order valence-electron chi connectivity index (χ2n) is 9.40. The van der Waals surface area contributed by atoms with Crippen molar-refractivity contribution in [1.29, 1.82) is 0 Å². The van der Waals surface area contributed by atoms with Gasteiger partial charge >= 0.3 is 6.09 Å². The van der Waals surface area contributed by atoms with Crippen molar-refractivity contribution < 1.29 is 18.3 Å². The lowest BCUT2D eigenvalue weighted by molar-refractivity contribution is 0.0534. The number of ether oxygens (including phenoxy) is 1. The third kappa shape index (κ3) is 4.76. The standard InChI is InChI=1S/C24H26F2N2O2S2/c1-24(2,3)30-23(29)28-18-9-10-27(21(32)12-20(31)14-7-8-14)13-15(18)11-19(28)22-16(25)5-4-6-17(22)26/h4-6,11,14H,7-10,12-13H2,1-3H3. The van der Waals surface area contributed by atoms with Gasteiger partial charge in [-0.1, -0.05) is 30.5 Å². The SMILES string of the molecule is CC(C)(C)OC(=O)n1c(-c2c(F)cccc2F)cc2c1CCN(C(=S)CC(=S)C1CC1)C2. The van der Waals surface area contributed by atoms with Crippen LogP contribution in [-0.4, -0.2) is 37.6 Å². The third-order valence-corrected chi connectivity index (χ3v) is 6.56. The monoisotopic (exact) mass is 476 g/mol. The second kappa shape index (κ2) is 8.63. The van der Waals surface area contributed by atoms with Crippen LogP contribution in [0.5, 0.6) is 0 Å². The molecular weight excluding hydrogens is 450 g/mol. The molecule has 0 bridgehead atoms. The van der Waals surface area contributed by atoms with Crippen LogP contribution >= 0.6 is 24.4 Å². The number of hydrogen-bond donors (Lipinski definition) is 0. The van der Waals surface area contributed by atoms with E-state index >= 15 is 0 Å². The topological polar surface area (TPSA) is 34.5 Å². The molecule has 1 aromatic heterocycles. The van der Waals surface area contributed by atoms with E-state index in [-0.39, 0.29) is 11.3 Å². The molecule has 0 N–H and O–H groups in total. The molecule has 1 fully saturated rings. The maximum Gasteiger partial charge on any atom is 0.419 e. The van der Waals surface area contributed by atoms with Crippen LogP contribution in [-0.2, 0) is 17.7 Å². The lowest BCUT2D eigenvalue weighted by Gasteiger charge is -2.30. The van der Waals surface area contributed by atoms with Gasteiger partial charge in [0.2, 0.25) is 0 Å². The molecule has 2 aromatic rings. The van der Waals surface area contributed by atoms with Crippen LogP contribution in [0.2, 0.25) is 0 Å². The van der Waals surface area contributed by atoms with E-state index in [9.17, 15) is 13.6 Å². The number of halogens is 2. The number of aromatic nitrogens is 1. The van der Waals surface area contributed by atoms with Gasteiger partial charge in [0.25, 0.3) is 0 Å². The van der Waals surface area contributed by atoms with Crippen LogP contribution in [0.4, 0.5) is 13.6 Å². The third-order valence-electron chi connectivity index (χ3n) is 5.68. The number of fused-ring (bicyclic) bond motifs is 1. The summed E-state index contributed by atoms with van der Waals surface area (Å²) in [7, 11) is 0. The first-order valence-corrected chi connectivity index (χ1v) is 11.6. The number of carbonyl (C=O) groups is 1. The molecule has 0 amide bonds. The Balaban J connectivity index is 1.70. The Morgan fingerprint density at radius 3 is 2.44 bits per heavy atom. The van der Waals surface area contributed by atoms with E-state index in [1.54, 1.807) is 26.8 Å². The Kier molecular flexibility index (Phi) is 6.20. The van der Waals surface area contributed by atoms with E-state index in [4.69, 9.17) is 29.2 Å². The first kappa shape index (κ1) is 23.0. The van der Waals surface area contributed by atoms with Crippen LogP contribution in [0.15, 0.2) is 24.3 Å². The zero-order valence-electron chi connectivity index (χ0n) is 18.4. The summed E-state index contributed by atoms with van der Waals surface area (Å²) in [4.78, 5) is 16.9. The summed E-state index contributed by atoms with van der Waals surface area (Å²) in [6, 6.07) is 5.35. The second-order valence-corrected chi connectivity index (χ2v) is 10.4. The molecule has 4 rings (SSSR count). The molecule has 1 aliphatic heterocycles. The van der Waals surface area contributed by atoms with Crippen LogP contribution in [0.3, 0.4) is 0 Å². The van der Waals surface area contributed by atoms with E-state index in [0.29, 0.717) is 37.5 Å². The maximum absolute atomic E-state index is 14.7. The van der Waals surface area contributed by atoms with Gasteiger partial charge in [0.05, 0.1) is 16.2 Å². The fourth-order valence-electron chi connectivity index (χ4n) is 4.00. The van der Waals surface area contributed by atoms with Crippen LogP contribution in [0, 0.1) is 17.6 Å². The average molecular weight is 477 g/mol. The Morgan fingerprint density at radius 2 is 1.84 bits per heavy atom. The summed E-state index contributed by atoms with van der Waals surface area (Å²) in [5, 5.41) is 0. The average Bonchev–Trinajstić information content (AvgIpc) is 3.47. The summed E-state index contributed by atoms with van der Waals surface area (Å²) >= 11 is 11.1. The number of hydrogen-bond acceptors (Lipinski definition) is 4. The lowest BCUT2D eigenvalue weighted by Crippen LogP contribution is -2.37. The van der Waals surface area contributed by atoms with Gasteiger partial charge in [0, 0.05) is 36.5 Å². The Hall–Kier alpha value is -2.19. The molecule has 1 saturated carbocycles. The van der Waals surface area contributed by atoms with E-state index < -0.39 is 23.3 Å². The number of thiocarbonyl (C=S) groups is 2. The van der Waals surface area contributed by atoms with Gasteiger partial charge in [0.1, 0.15) is 17.2 Å². The van der Waals surface area contributed by atoms with E-state index in [1.165, 1.54) is 22.8 Å². The minimum atomic E-state index is -0.750. The quantitative estimate of drug-likeness (QED) is 0.500. The first-order chi connectivity index (χ1) is 15.0. The highest BCUT2D eigenvalue weighted by Crippen LogP contribution is 2.35. The van der Waals surface area contributed by atoms with Gasteiger partial charge in [0.15, 0.2) is 0 Å². The fraction of sp³-hybridized carbons (Fsp3) is 0.458. The van der Waals surface area contributed by atoms with Crippen molar-refractivity contribution in [2.75, 3.05) is 6.54 Å². The minimum Gasteiger partial charge on any atom is -0.443 e. The van der Waals surface area contributed by atoms with Crippen molar-refractivity contribution in [3.63, 3.8) is 0 Å². The number of carbonyl (C=O) groups excluding carboxylic acids is 1. The van der Waals surface area contributed by atoms with Crippen LogP contribution in [0.25, 0.3) is 11.3 Å². The summed E-state index contributed by atoms with van der Waals surface area (Å²) < 4.78 is 36.2. The summed E-state index contributed by atoms with van der Waals surface area (Å²) in [5.74, 6) is -0.953. The minimum absolute atomic E-state index is 0.154. The fourth-order valence-corrected chi connectivity index (χ4v) is 4.78. The summed E-state index contributed by atoms with van der Waals surface area (Å²) in [6.45, 7) is 6.33. The van der Waals surface area contributed by atoms with Crippen molar-refractivity contribution in [2.45, 2.75) is 58.6 Å². The van der Waals surface area contributed by atoms with Gasteiger partial charge in [-0.15, -0.1) is 0 Å². The van der Waals surface area contributed by atoms with Gasteiger partial charge in [-0.25, -0.2) is 18.1 Å². The van der Waals surface area contributed by atoms with Gasteiger partial charge < -0.3 is 9.64 Å². The number of benzene rings is 1. The summed E-state index contributed by atoms with van der Waals surface area (Å²) in [6.07, 6.45) is 2.74. The van der Waals surface area contributed by atoms with Gasteiger partial charge in [-0.3, -0.25) is 0 Å². The number of nitrogens with zero attached hydrogens (tertiary/aromatic N) is 2. The molecule has 0 spiro atoms. The largest absolute Gasteiger partial charge is 0.443 e. The Morgan fingerprint density at radius 1 is 1.19 bits per heavy atom. The highest BCUT2D eigenvalue weighted by molar-refractivity contribution is 7.82. The molecule has 2 aliphatic rings. The van der Waals surface area contributed by atoms with Crippen molar-refractivity contribution in [2.24, 2.45) is 5.92 Å². The molecule has 0 unspecified atom stereocenters. The zero-order chi connectivity index (χ0) is 23.2. The zero-order valence-corrected chi connectivity index (χ0v) is 20.0. The highest BCUT2D eigenvalue weighted by atomic mass is 32.1. The van der Waals surface area contributed by atoms with E-state index in [2.05, 4.69) is 4.90 Å². The molecule has 8 heteroatoms. The highest BCUT2D eigenvalue weighted by Gasteiger charge is 2.32. The molecule has 2 heterocycles. The van der Waals surface area contributed by atoms with Gasteiger partial charge in [-0.05, 0) is 63.3 Å².